The Morgan fingerprint density at radius 3 is 2.58 bits per heavy atom. The summed E-state index contributed by atoms with van der Waals surface area (Å²) in [5.74, 6) is 0.633. The van der Waals surface area contributed by atoms with Gasteiger partial charge >= 0.3 is 0 Å². The minimum Gasteiger partial charge on any atom is -0.396 e. The van der Waals surface area contributed by atoms with E-state index < -0.39 is 6.17 Å². The number of aliphatic hydroxyl groups is 1. The molecule has 1 aliphatic rings. The summed E-state index contributed by atoms with van der Waals surface area (Å²) in [7, 11) is 2.02. The topological polar surface area (TPSA) is 23.5 Å². The first-order chi connectivity index (χ1) is 5.63. The molecule has 1 aliphatic heterocycles. The fourth-order valence-corrected chi connectivity index (χ4v) is 2.06. The van der Waals surface area contributed by atoms with Gasteiger partial charge in [-0.15, -0.1) is 0 Å². The molecule has 0 saturated carbocycles. The van der Waals surface area contributed by atoms with Gasteiger partial charge in [-0.25, -0.2) is 4.39 Å². The van der Waals surface area contributed by atoms with Gasteiger partial charge in [-0.3, -0.25) is 0 Å². The molecule has 1 fully saturated rings. The van der Waals surface area contributed by atoms with Crippen LogP contribution in [0.3, 0.4) is 0 Å². The Kier molecular flexibility index (Phi) is 3.47. The Labute approximate surface area is 73.4 Å². The molecule has 0 spiro atoms. The van der Waals surface area contributed by atoms with E-state index in [-0.39, 0.29) is 12.5 Å². The van der Waals surface area contributed by atoms with E-state index in [2.05, 4.69) is 4.90 Å². The van der Waals surface area contributed by atoms with Crippen molar-refractivity contribution in [2.75, 3.05) is 26.7 Å². The van der Waals surface area contributed by atoms with Gasteiger partial charge in [0.2, 0.25) is 0 Å². The minimum atomic E-state index is -0.740. The summed E-state index contributed by atoms with van der Waals surface area (Å²) >= 11 is 0. The van der Waals surface area contributed by atoms with Crippen LogP contribution in [0.25, 0.3) is 0 Å². The summed E-state index contributed by atoms with van der Waals surface area (Å²) in [4.78, 5) is 2.16. The van der Waals surface area contributed by atoms with E-state index in [1.165, 1.54) is 0 Å². The molecule has 0 radical (unpaired) electrons. The van der Waals surface area contributed by atoms with Crippen LogP contribution in [0.15, 0.2) is 0 Å². The van der Waals surface area contributed by atoms with Crippen LogP contribution in [-0.2, 0) is 0 Å². The maximum Gasteiger partial charge on any atom is 0.0976 e. The Balaban J connectivity index is 2.40. The molecule has 3 unspecified atom stereocenters. The Morgan fingerprint density at radius 2 is 2.08 bits per heavy atom. The Bertz CT molecular complexity index is 140. The molecule has 72 valence electrons. The molecule has 0 aromatic rings. The highest BCUT2D eigenvalue weighted by Gasteiger charge is 2.30. The average molecular weight is 175 g/mol. The standard InChI is InChI=1S/C9H18FNO/c1-7(10)3-8-4-11(2)5-9(8)6-12/h7-9,12H,3-6H2,1-2H3. The first-order valence-corrected chi connectivity index (χ1v) is 4.57. The number of alkyl halides is 1. The predicted molar refractivity (Wildman–Crippen MR) is 46.7 cm³/mol. The average Bonchev–Trinajstić information content (AvgIpc) is 2.29. The van der Waals surface area contributed by atoms with E-state index in [9.17, 15) is 4.39 Å². The third kappa shape index (κ3) is 2.42. The summed E-state index contributed by atoms with van der Waals surface area (Å²) in [5.41, 5.74) is 0. The van der Waals surface area contributed by atoms with Crippen molar-refractivity contribution in [1.29, 1.82) is 0 Å². The van der Waals surface area contributed by atoms with Gasteiger partial charge in [-0.1, -0.05) is 0 Å². The van der Waals surface area contributed by atoms with Crippen molar-refractivity contribution in [2.24, 2.45) is 11.8 Å². The second kappa shape index (κ2) is 4.19. The SMILES string of the molecule is CC(F)CC1CN(C)CC1CO. The lowest BCUT2D eigenvalue weighted by atomic mass is 9.92. The van der Waals surface area contributed by atoms with Gasteiger partial charge in [0.05, 0.1) is 6.17 Å². The summed E-state index contributed by atoms with van der Waals surface area (Å²) in [5, 5.41) is 9.02. The maximum absolute atomic E-state index is 12.7. The van der Waals surface area contributed by atoms with E-state index >= 15 is 0 Å². The number of hydrogen-bond acceptors (Lipinski definition) is 2. The summed E-state index contributed by atoms with van der Waals surface area (Å²) in [6.07, 6.45) is -0.147. The van der Waals surface area contributed by atoms with Gasteiger partial charge in [0, 0.05) is 19.7 Å². The molecule has 0 bridgehead atoms. The van der Waals surface area contributed by atoms with Crippen LogP contribution in [0.5, 0.6) is 0 Å². The van der Waals surface area contributed by atoms with Crippen LogP contribution in [0.4, 0.5) is 4.39 Å². The van der Waals surface area contributed by atoms with Crippen molar-refractivity contribution in [3.05, 3.63) is 0 Å². The highest BCUT2D eigenvalue weighted by molar-refractivity contribution is 4.82. The normalized spacial score (nSPS) is 34.0. The minimum absolute atomic E-state index is 0.196. The third-order valence-corrected chi connectivity index (χ3v) is 2.62. The molecule has 1 N–H and O–H groups in total. The Morgan fingerprint density at radius 1 is 1.50 bits per heavy atom. The zero-order chi connectivity index (χ0) is 9.14. The smallest absolute Gasteiger partial charge is 0.0976 e. The fraction of sp³-hybridized carbons (Fsp3) is 1.00. The zero-order valence-corrected chi connectivity index (χ0v) is 7.83. The van der Waals surface area contributed by atoms with Crippen molar-refractivity contribution in [2.45, 2.75) is 19.5 Å². The summed E-state index contributed by atoms with van der Waals surface area (Å²) in [6, 6.07) is 0. The van der Waals surface area contributed by atoms with E-state index in [0.717, 1.165) is 13.1 Å². The molecule has 0 amide bonds. The zero-order valence-electron chi connectivity index (χ0n) is 7.83. The molecule has 1 heterocycles. The van der Waals surface area contributed by atoms with E-state index in [1.807, 2.05) is 7.05 Å². The lowest BCUT2D eigenvalue weighted by Crippen LogP contribution is -2.19. The van der Waals surface area contributed by atoms with Gasteiger partial charge in [-0.2, -0.15) is 0 Å². The van der Waals surface area contributed by atoms with Gasteiger partial charge in [0.15, 0.2) is 0 Å². The lowest BCUT2D eigenvalue weighted by molar-refractivity contribution is 0.180. The monoisotopic (exact) mass is 175 g/mol. The van der Waals surface area contributed by atoms with Crippen LogP contribution in [0, 0.1) is 11.8 Å². The maximum atomic E-state index is 12.7. The summed E-state index contributed by atoms with van der Waals surface area (Å²) in [6.45, 7) is 3.63. The van der Waals surface area contributed by atoms with Crippen LogP contribution < -0.4 is 0 Å². The van der Waals surface area contributed by atoms with E-state index in [1.54, 1.807) is 6.92 Å². The predicted octanol–water partition coefficient (Wildman–Crippen LogP) is 0.905. The quantitative estimate of drug-likeness (QED) is 0.689. The fourth-order valence-electron chi connectivity index (χ4n) is 2.06. The number of halogens is 1. The van der Waals surface area contributed by atoms with Crippen LogP contribution in [-0.4, -0.2) is 42.9 Å². The molecule has 0 aliphatic carbocycles. The molecular weight excluding hydrogens is 157 g/mol. The van der Waals surface area contributed by atoms with Crippen LogP contribution >= 0.6 is 0 Å². The first kappa shape index (κ1) is 9.93. The number of nitrogens with zero attached hydrogens (tertiary/aromatic N) is 1. The number of hydrogen-bond donors (Lipinski definition) is 1. The van der Waals surface area contributed by atoms with Crippen molar-refractivity contribution in [3.63, 3.8) is 0 Å². The number of likely N-dealkylation sites (tertiary alicyclic amines) is 1. The van der Waals surface area contributed by atoms with Gasteiger partial charge in [0.25, 0.3) is 0 Å². The van der Waals surface area contributed by atoms with E-state index in [4.69, 9.17) is 5.11 Å². The first-order valence-electron chi connectivity index (χ1n) is 4.57. The molecule has 1 saturated heterocycles. The summed E-state index contributed by atoms with van der Waals surface area (Å²) < 4.78 is 12.7. The molecule has 3 atom stereocenters. The van der Waals surface area contributed by atoms with Crippen molar-refractivity contribution >= 4 is 0 Å². The van der Waals surface area contributed by atoms with Gasteiger partial charge in [-0.05, 0) is 32.2 Å². The van der Waals surface area contributed by atoms with Crippen LogP contribution in [0.2, 0.25) is 0 Å². The third-order valence-electron chi connectivity index (χ3n) is 2.62. The van der Waals surface area contributed by atoms with Gasteiger partial charge in [0.1, 0.15) is 0 Å². The molecule has 0 aromatic heterocycles. The van der Waals surface area contributed by atoms with Crippen molar-refractivity contribution in [1.82, 2.24) is 4.90 Å². The molecule has 12 heavy (non-hydrogen) atoms. The molecule has 3 heteroatoms. The Hall–Kier alpha value is -0.150. The van der Waals surface area contributed by atoms with Gasteiger partial charge < -0.3 is 10.0 Å². The lowest BCUT2D eigenvalue weighted by Gasteiger charge is -2.16. The molecule has 1 rings (SSSR count). The molecular formula is C9H18FNO. The molecule has 2 nitrogen and oxygen atoms in total. The van der Waals surface area contributed by atoms with Crippen molar-refractivity contribution in [3.8, 4) is 0 Å². The number of rotatable bonds is 3. The molecule has 0 aromatic carbocycles. The second-order valence-corrected chi connectivity index (χ2v) is 3.94. The highest BCUT2D eigenvalue weighted by atomic mass is 19.1. The largest absolute Gasteiger partial charge is 0.396 e. The van der Waals surface area contributed by atoms with Crippen LogP contribution in [0.1, 0.15) is 13.3 Å². The second-order valence-electron chi connectivity index (χ2n) is 3.94. The van der Waals surface area contributed by atoms with E-state index in [0.29, 0.717) is 12.3 Å². The van der Waals surface area contributed by atoms with Crippen molar-refractivity contribution < 1.29 is 9.50 Å². The highest BCUT2D eigenvalue weighted by Crippen LogP contribution is 2.26. The number of aliphatic hydroxyl groups excluding tert-OH is 1.